The molecular formula is C14H15F2N5O2. The van der Waals surface area contributed by atoms with E-state index in [0.717, 1.165) is 18.2 Å². The molecule has 1 aromatic carbocycles. The molecule has 1 atom stereocenters. The van der Waals surface area contributed by atoms with Crippen molar-refractivity contribution in [2.24, 2.45) is 5.92 Å². The maximum Gasteiger partial charge on any atom is 0.257 e. The molecule has 9 heteroatoms. The van der Waals surface area contributed by atoms with Crippen LogP contribution in [0.4, 0.5) is 14.7 Å². The number of anilines is 1. The van der Waals surface area contributed by atoms with Crippen molar-refractivity contribution in [2.75, 3.05) is 5.32 Å². The molecule has 0 saturated heterocycles. The number of carbonyl (C=O) groups excluding carboxylic acids is 2. The highest BCUT2D eigenvalue weighted by atomic mass is 19.1. The van der Waals surface area contributed by atoms with E-state index in [9.17, 15) is 18.4 Å². The molecule has 2 amide bonds. The van der Waals surface area contributed by atoms with Gasteiger partial charge in [-0.15, -0.1) is 0 Å². The Kier molecular flexibility index (Phi) is 4.99. The van der Waals surface area contributed by atoms with Crippen molar-refractivity contribution in [1.29, 1.82) is 0 Å². The molecule has 122 valence electrons. The molecule has 0 bridgehead atoms. The summed E-state index contributed by atoms with van der Waals surface area (Å²) in [6.45, 7) is 3.37. The third-order valence-electron chi connectivity index (χ3n) is 3.08. The molecule has 3 N–H and O–H groups in total. The Morgan fingerprint density at radius 2 is 1.87 bits per heavy atom. The van der Waals surface area contributed by atoms with Crippen molar-refractivity contribution in [3.05, 3.63) is 41.7 Å². The van der Waals surface area contributed by atoms with Crippen LogP contribution in [-0.2, 0) is 4.79 Å². The normalized spacial score (nSPS) is 12.0. The van der Waals surface area contributed by atoms with Gasteiger partial charge in [-0.1, -0.05) is 19.9 Å². The number of rotatable bonds is 5. The molecule has 0 radical (unpaired) electrons. The van der Waals surface area contributed by atoms with Crippen LogP contribution in [0.5, 0.6) is 0 Å². The molecule has 0 saturated carbocycles. The van der Waals surface area contributed by atoms with Crippen LogP contribution in [0.2, 0.25) is 0 Å². The highest BCUT2D eigenvalue weighted by Crippen LogP contribution is 2.13. The van der Waals surface area contributed by atoms with Gasteiger partial charge >= 0.3 is 0 Å². The van der Waals surface area contributed by atoms with Crippen molar-refractivity contribution in [3.63, 3.8) is 0 Å². The Labute approximate surface area is 130 Å². The first kappa shape index (κ1) is 16.5. The number of hydrogen-bond donors (Lipinski definition) is 3. The van der Waals surface area contributed by atoms with Crippen LogP contribution < -0.4 is 10.6 Å². The van der Waals surface area contributed by atoms with Gasteiger partial charge in [-0.25, -0.2) is 13.9 Å². The van der Waals surface area contributed by atoms with Crippen molar-refractivity contribution < 1.29 is 18.4 Å². The molecule has 2 aromatic rings. The Hall–Kier alpha value is -2.84. The first-order chi connectivity index (χ1) is 10.9. The number of amides is 2. The fourth-order valence-electron chi connectivity index (χ4n) is 1.92. The molecule has 0 aliphatic rings. The lowest BCUT2D eigenvalue weighted by atomic mass is 10.0. The Balaban J connectivity index is 2.16. The van der Waals surface area contributed by atoms with Gasteiger partial charge in [-0.3, -0.25) is 14.9 Å². The summed E-state index contributed by atoms with van der Waals surface area (Å²) in [7, 11) is 0. The van der Waals surface area contributed by atoms with Crippen molar-refractivity contribution in [2.45, 2.75) is 19.9 Å². The van der Waals surface area contributed by atoms with E-state index in [1.807, 2.05) is 0 Å². The predicted octanol–water partition coefficient (Wildman–Crippen LogP) is 1.48. The van der Waals surface area contributed by atoms with E-state index < -0.39 is 35.1 Å². The topological polar surface area (TPSA) is 99.8 Å². The largest absolute Gasteiger partial charge is 0.340 e. The minimum Gasteiger partial charge on any atom is -0.340 e. The third kappa shape index (κ3) is 3.87. The highest BCUT2D eigenvalue weighted by molar-refractivity contribution is 6.00. The van der Waals surface area contributed by atoms with Crippen LogP contribution in [-0.4, -0.2) is 33.0 Å². The van der Waals surface area contributed by atoms with Crippen LogP contribution in [0.25, 0.3) is 0 Å². The second-order valence-corrected chi connectivity index (χ2v) is 5.12. The van der Waals surface area contributed by atoms with E-state index in [1.54, 1.807) is 13.8 Å². The predicted molar refractivity (Wildman–Crippen MR) is 77.5 cm³/mol. The fourth-order valence-corrected chi connectivity index (χ4v) is 1.92. The second-order valence-electron chi connectivity index (χ2n) is 5.12. The smallest absolute Gasteiger partial charge is 0.257 e. The summed E-state index contributed by atoms with van der Waals surface area (Å²) < 4.78 is 27.3. The molecule has 2 rings (SSSR count). The van der Waals surface area contributed by atoms with Crippen LogP contribution in [0, 0.1) is 17.6 Å². The van der Waals surface area contributed by atoms with E-state index in [0.29, 0.717) is 0 Å². The SMILES string of the molecule is CC(C)C(NC(=O)c1c(F)cccc1F)C(=O)Nc1ncn[nH]1. The number of aromatic amines is 1. The molecule has 0 aliphatic heterocycles. The van der Waals surface area contributed by atoms with Gasteiger partial charge in [0.05, 0.1) is 0 Å². The zero-order chi connectivity index (χ0) is 17.0. The summed E-state index contributed by atoms with van der Waals surface area (Å²) in [5, 5.41) is 10.8. The lowest BCUT2D eigenvalue weighted by Gasteiger charge is -2.21. The zero-order valence-corrected chi connectivity index (χ0v) is 12.4. The molecule has 7 nitrogen and oxygen atoms in total. The molecule has 1 unspecified atom stereocenters. The van der Waals surface area contributed by atoms with Crippen LogP contribution in [0.1, 0.15) is 24.2 Å². The minimum atomic E-state index is -1.01. The summed E-state index contributed by atoms with van der Waals surface area (Å²) in [6, 6.07) is 2.08. The lowest BCUT2D eigenvalue weighted by molar-refractivity contribution is -0.118. The standard InChI is InChI=1S/C14H15F2N5O2/c1-7(2)11(13(23)20-14-17-6-18-21-14)19-12(22)10-8(15)4-3-5-9(10)16/h3-7,11H,1-2H3,(H,19,22)(H2,17,18,20,21,23). The number of carbonyl (C=O) groups is 2. The molecule has 1 heterocycles. The van der Waals surface area contributed by atoms with E-state index in [1.165, 1.54) is 6.33 Å². The zero-order valence-electron chi connectivity index (χ0n) is 12.4. The lowest BCUT2D eigenvalue weighted by Crippen LogP contribution is -2.47. The Morgan fingerprint density at radius 1 is 1.22 bits per heavy atom. The third-order valence-corrected chi connectivity index (χ3v) is 3.08. The van der Waals surface area contributed by atoms with Crippen LogP contribution in [0.15, 0.2) is 24.5 Å². The molecule has 0 fully saturated rings. The van der Waals surface area contributed by atoms with Gasteiger partial charge in [0.1, 0.15) is 29.6 Å². The highest BCUT2D eigenvalue weighted by Gasteiger charge is 2.27. The molecule has 1 aromatic heterocycles. The number of halogens is 2. The van der Waals surface area contributed by atoms with Gasteiger partial charge in [0.2, 0.25) is 11.9 Å². The maximum absolute atomic E-state index is 13.6. The fraction of sp³-hybridized carbons (Fsp3) is 0.286. The molecule has 0 spiro atoms. The quantitative estimate of drug-likeness (QED) is 0.776. The second kappa shape index (κ2) is 6.95. The van der Waals surface area contributed by atoms with Gasteiger partial charge in [-0.05, 0) is 18.1 Å². The summed E-state index contributed by atoms with van der Waals surface area (Å²) in [6.07, 6.45) is 1.20. The molecular weight excluding hydrogens is 308 g/mol. The average Bonchev–Trinajstić information content (AvgIpc) is 2.97. The molecule has 0 aliphatic carbocycles. The number of aromatic nitrogens is 3. The van der Waals surface area contributed by atoms with Gasteiger partial charge in [0.25, 0.3) is 5.91 Å². The van der Waals surface area contributed by atoms with E-state index >= 15 is 0 Å². The van der Waals surface area contributed by atoms with Crippen molar-refractivity contribution >= 4 is 17.8 Å². The van der Waals surface area contributed by atoms with Crippen molar-refractivity contribution in [1.82, 2.24) is 20.5 Å². The number of nitrogens with one attached hydrogen (secondary N) is 3. The summed E-state index contributed by atoms with van der Waals surface area (Å²) >= 11 is 0. The average molecular weight is 323 g/mol. The summed E-state index contributed by atoms with van der Waals surface area (Å²) in [4.78, 5) is 28.0. The summed E-state index contributed by atoms with van der Waals surface area (Å²) in [5.74, 6) is -3.81. The van der Waals surface area contributed by atoms with E-state index in [-0.39, 0.29) is 11.9 Å². The number of H-pyrrole nitrogens is 1. The maximum atomic E-state index is 13.6. The number of nitrogens with zero attached hydrogens (tertiary/aromatic N) is 2. The van der Waals surface area contributed by atoms with Gasteiger partial charge in [0.15, 0.2) is 0 Å². The number of benzene rings is 1. The van der Waals surface area contributed by atoms with Gasteiger partial charge < -0.3 is 5.32 Å². The first-order valence-electron chi connectivity index (χ1n) is 6.81. The van der Waals surface area contributed by atoms with Gasteiger partial charge in [-0.2, -0.15) is 10.1 Å². The van der Waals surface area contributed by atoms with Crippen molar-refractivity contribution in [3.8, 4) is 0 Å². The first-order valence-corrected chi connectivity index (χ1v) is 6.81. The minimum absolute atomic E-state index is 0.104. The van der Waals surface area contributed by atoms with E-state index in [4.69, 9.17) is 0 Å². The van der Waals surface area contributed by atoms with Gasteiger partial charge in [0, 0.05) is 0 Å². The van der Waals surface area contributed by atoms with E-state index in [2.05, 4.69) is 25.8 Å². The number of hydrogen-bond acceptors (Lipinski definition) is 4. The Bertz CT molecular complexity index is 683. The summed E-state index contributed by atoms with van der Waals surface area (Å²) in [5.41, 5.74) is -0.731. The molecule has 23 heavy (non-hydrogen) atoms. The monoisotopic (exact) mass is 323 g/mol. The van der Waals surface area contributed by atoms with Crippen LogP contribution >= 0.6 is 0 Å². The Morgan fingerprint density at radius 3 is 2.39 bits per heavy atom. The van der Waals surface area contributed by atoms with Crippen LogP contribution in [0.3, 0.4) is 0 Å².